The van der Waals surface area contributed by atoms with Crippen molar-refractivity contribution in [2.24, 2.45) is 0 Å². The fraction of sp³-hybridized carbons (Fsp3) is 0.333. The molecule has 29 heavy (non-hydrogen) atoms. The molecule has 3 aromatic rings. The summed E-state index contributed by atoms with van der Waals surface area (Å²) in [5.41, 5.74) is 1.80. The second kappa shape index (κ2) is 8.90. The van der Waals surface area contributed by atoms with Crippen molar-refractivity contribution < 1.29 is 23.5 Å². The Morgan fingerprint density at radius 2 is 1.72 bits per heavy atom. The Morgan fingerprint density at radius 1 is 1.03 bits per heavy atom. The van der Waals surface area contributed by atoms with Crippen molar-refractivity contribution in [2.75, 3.05) is 33.3 Å². The first-order chi connectivity index (χ1) is 14.1. The van der Waals surface area contributed by atoms with Crippen molar-refractivity contribution in [1.82, 2.24) is 10.1 Å². The van der Waals surface area contributed by atoms with Crippen molar-refractivity contribution >= 4 is 11.6 Å². The summed E-state index contributed by atoms with van der Waals surface area (Å²) in [6, 6.07) is 12.1. The zero-order valence-electron chi connectivity index (χ0n) is 16.3. The number of aromatic nitrogens is 2. The Bertz CT molecular complexity index is 956. The number of methoxy groups -OCH3 is 1. The van der Waals surface area contributed by atoms with Gasteiger partial charge in [-0.1, -0.05) is 16.8 Å². The fourth-order valence-corrected chi connectivity index (χ4v) is 3.85. The summed E-state index contributed by atoms with van der Waals surface area (Å²) >= 11 is 5.93. The molecule has 1 fully saturated rings. The van der Waals surface area contributed by atoms with E-state index < -0.39 is 0 Å². The number of hydrogen-bond donors (Lipinski definition) is 2. The lowest BCUT2D eigenvalue weighted by Crippen LogP contribution is -3.27. The molecule has 1 aliphatic heterocycles. The Balaban J connectivity index is 1.31. The van der Waals surface area contributed by atoms with Crippen molar-refractivity contribution in [3.63, 3.8) is 0 Å². The summed E-state index contributed by atoms with van der Waals surface area (Å²) in [4.78, 5) is 7.35. The molecule has 0 radical (unpaired) electrons. The first kappa shape index (κ1) is 19.8. The topological polar surface area (TPSA) is 57.0 Å². The van der Waals surface area contributed by atoms with Gasteiger partial charge >= 0.3 is 0 Å². The molecule has 2 aromatic carbocycles. The Hall–Kier alpha value is -2.48. The van der Waals surface area contributed by atoms with Crippen LogP contribution in [0.3, 0.4) is 0 Å². The van der Waals surface area contributed by atoms with Crippen LogP contribution in [0.1, 0.15) is 11.5 Å². The monoisotopic (exact) mass is 418 g/mol. The van der Waals surface area contributed by atoms with Gasteiger partial charge in [-0.15, -0.1) is 0 Å². The second-order valence-corrected chi connectivity index (χ2v) is 7.76. The van der Waals surface area contributed by atoms with E-state index in [2.05, 4.69) is 10.1 Å². The number of ether oxygens (including phenoxy) is 1. The number of rotatable bonds is 6. The average Bonchev–Trinajstić information content (AvgIpc) is 3.19. The predicted molar refractivity (Wildman–Crippen MR) is 106 cm³/mol. The zero-order valence-corrected chi connectivity index (χ0v) is 17.0. The number of benzene rings is 2. The van der Waals surface area contributed by atoms with Crippen LogP contribution in [0.15, 0.2) is 47.0 Å². The van der Waals surface area contributed by atoms with Crippen LogP contribution in [0.2, 0.25) is 5.02 Å². The highest BCUT2D eigenvalue weighted by Crippen LogP contribution is 2.19. The molecule has 8 heteroatoms. The van der Waals surface area contributed by atoms with E-state index in [1.807, 2.05) is 24.3 Å². The molecule has 1 saturated heterocycles. The Labute approximate surface area is 173 Å². The van der Waals surface area contributed by atoms with Crippen LogP contribution in [-0.2, 0) is 13.1 Å². The normalized spacial score (nSPS) is 19.3. The molecule has 0 bridgehead atoms. The number of nitrogens with zero attached hydrogens (tertiary/aromatic N) is 2. The average molecular weight is 419 g/mol. The van der Waals surface area contributed by atoms with Crippen LogP contribution < -0.4 is 14.5 Å². The predicted octanol–water partition coefficient (Wildman–Crippen LogP) is 1.02. The summed E-state index contributed by atoms with van der Waals surface area (Å²) in [5.74, 6) is 1.74. The highest BCUT2D eigenvalue weighted by atomic mass is 35.5. The lowest BCUT2D eigenvalue weighted by atomic mass is 10.1. The van der Waals surface area contributed by atoms with E-state index >= 15 is 0 Å². The first-order valence-corrected chi connectivity index (χ1v) is 10.1. The van der Waals surface area contributed by atoms with Gasteiger partial charge in [0.2, 0.25) is 5.82 Å². The van der Waals surface area contributed by atoms with Crippen LogP contribution in [0.25, 0.3) is 11.4 Å². The van der Waals surface area contributed by atoms with Crippen LogP contribution in [-0.4, -0.2) is 43.4 Å². The van der Waals surface area contributed by atoms with E-state index in [-0.39, 0.29) is 5.82 Å². The number of halogens is 2. The number of quaternary nitrogens is 2. The van der Waals surface area contributed by atoms with Gasteiger partial charge < -0.3 is 19.1 Å². The molecule has 2 heterocycles. The van der Waals surface area contributed by atoms with Gasteiger partial charge in [-0.25, -0.2) is 4.39 Å². The van der Waals surface area contributed by atoms with E-state index in [9.17, 15) is 4.39 Å². The molecule has 1 aliphatic rings. The molecule has 0 saturated carbocycles. The SMILES string of the molecule is COc1ccc(F)cc1C[NH+]1CC[NH+](Cc2nc(-c3ccc(Cl)cc3)no2)CC1. The maximum Gasteiger partial charge on any atom is 0.282 e. The molecular weight excluding hydrogens is 395 g/mol. The molecule has 1 aromatic heterocycles. The van der Waals surface area contributed by atoms with Gasteiger partial charge in [-0.3, -0.25) is 0 Å². The lowest BCUT2D eigenvalue weighted by molar-refractivity contribution is -1.02. The summed E-state index contributed by atoms with van der Waals surface area (Å²) in [5, 5.41) is 4.76. The highest BCUT2D eigenvalue weighted by molar-refractivity contribution is 6.30. The smallest absolute Gasteiger partial charge is 0.282 e. The van der Waals surface area contributed by atoms with Gasteiger partial charge in [-0.2, -0.15) is 4.98 Å². The molecule has 0 unspecified atom stereocenters. The minimum absolute atomic E-state index is 0.225. The molecule has 0 amide bonds. The van der Waals surface area contributed by atoms with Crippen molar-refractivity contribution in [3.05, 3.63) is 64.8 Å². The molecule has 0 atom stereocenters. The largest absolute Gasteiger partial charge is 0.496 e. The molecule has 0 spiro atoms. The van der Waals surface area contributed by atoms with Crippen LogP contribution in [0.5, 0.6) is 5.75 Å². The van der Waals surface area contributed by atoms with E-state index in [1.54, 1.807) is 19.2 Å². The van der Waals surface area contributed by atoms with Gasteiger partial charge in [0.05, 0.1) is 12.7 Å². The maximum atomic E-state index is 13.6. The zero-order chi connectivity index (χ0) is 20.2. The third kappa shape index (κ3) is 4.93. The summed E-state index contributed by atoms with van der Waals surface area (Å²) in [7, 11) is 1.62. The van der Waals surface area contributed by atoms with Crippen LogP contribution in [0, 0.1) is 5.82 Å². The quantitative estimate of drug-likeness (QED) is 0.627. The van der Waals surface area contributed by atoms with E-state index in [1.165, 1.54) is 15.9 Å². The molecule has 0 aliphatic carbocycles. The van der Waals surface area contributed by atoms with Gasteiger partial charge in [-0.05, 0) is 42.5 Å². The molecule has 2 N–H and O–H groups in total. The second-order valence-electron chi connectivity index (χ2n) is 7.33. The third-order valence-corrected chi connectivity index (χ3v) is 5.57. The van der Waals surface area contributed by atoms with Gasteiger partial charge in [0, 0.05) is 10.6 Å². The van der Waals surface area contributed by atoms with Gasteiger partial charge in [0.15, 0.2) is 6.54 Å². The molecule has 4 rings (SSSR count). The van der Waals surface area contributed by atoms with Crippen molar-refractivity contribution in [3.8, 4) is 17.1 Å². The Kier molecular flexibility index (Phi) is 6.08. The van der Waals surface area contributed by atoms with Crippen molar-refractivity contribution in [1.29, 1.82) is 0 Å². The first-order valence-electron chi connectivity index (χ1n) is 9.69. The highest BCUT2D eigenvalue weighted by Gasteiger charge is 2.26. The number of piperazine rings is 1. The van der Waals surface area contributed by atoms with E-state index in [0.29, 0.717) is 23.3 Å². The maximum absolute atomic E-state index is 13.6. The lowest BCUT2D eigenvalue weighted by Gasteiger charge is -2.29. The minimum atomic E-state index is -0.225. The molecular formula is C21H24ClFN4O2+2. The standard InChI is InChI=1S/C21H22ClFN4O2/c1-28-19-7-6-18(23)12-16(19)13-26-8-10-27(11-9-26)14-20-24-21(25-29-20)15-2-4-17(22)5-3-15/h2-7,12H,8-11,13-14H2,1H3/p+2. The van der Waals surface area contributed by atoms with Crippen LogP contribution in [0.4, 0.5) is 4.39 Å². The van der Waals surface area contributed by atoms with E-state index in [0.717, 1.165) is 49.6 Å². The Morgan fingerprint density at radius 3 is 2.41 bits per heavy atom. The van der Waals surface area contributed by atoms with Crippen molar-refractivity contribution in [2.45, 2.75) is 13.1 Å². The summed E-state index contributed by atoms with van der Waals surface area (Å²) in [6.07, 6.45) is 0. The minimum Gasteiger partial charge on any atom is -0.496 e. The number of nitrogens with one attached hydrogen (secondary N) is 2. The summed E-state index contributed by atoms with van der Waals surface area (Å²) < 4.78 is 24.4. The van der Waals surface area contributed by atoms with Gasteiger partial charge in [0.1, 0.15) is 44.3 Å². The fourth-order valence-electron chi connectivity index (χ4n) is 3.72. The van der Waals surface area contributed by atoms with Crippen LogP contribution >= 0.6 is 11.6 Å². The number of hydrogen-bond acceptors (Lipinski definition) is 4. The van der Waals surface area contributed by atoms with E-state index in [4.69, 9.17) is 20.9 Å². The molecule has 6 nitrogen and oxygen atoms in total. The van der Waals surface area contributed by atoms with Gasteiger partial charge in [0.25, 0.3) is 5.89 Å². The summed E-state index contributed by atoms with van der Waals surface area (Å²) in [6.45, 7) is 5.43. The third-order valence-electron chi connectivity index (χ3n) is 5.32. The molecule has 152 valence electrons.